The van der Waals surface area contributed by atoms with Crippen LogP contribution in [0.1, 0.15) is 0 Å². The predicted molar refractivity (Wildman–Crippen MR) is 96.4 cm³/mol. The molecule has 0 radical (unpaired) electrons. The number of hydrogen-bond donors (Lipinski definition) is 11. The number of rotatable bonds is 8. The van der Waals surface area contributed by atoms with Crippen LogP contribution < -0.4 is 0 Å². The maximum Gasteiger partial charge on any atom is 0.224 e. The zero-order valence-corrected chi connectivity index (χ0v) is 17.1. The summed E-state index contributed by atoms with van der Waals surface area (Å²) >= 11 is 0. The van der Waals surface area contributed by atoms with Gasteiger partial charge in [-0.3, -0.25) is 0 Å². The molecule has 3 aliphatic rings. The lowest BCUT2D eigenvalue weighted by atomic mass is 10.0. The van der Waals surface area contributed by atoms with Crippen molar-refractivity contribution in [1.82, 2.24) is 0 Å². The first-order valence-corrected chi connectivity index (χ1v) is 10.1. The van der Waals surface area contributed by atoms with Gasteiger partial charge in [-0.2, -0.15) is 0 Å². The molecule has 0 bridgehead atoms. The van der Waals surface area contributed by atoms with Crippen molar-refractivity contribution in [2.45, 2.75) is 79.1 Å². The summed E-state index contributed by atoms with van der Waals surface area (Å²) in [5.74, 6) is -4.87. The lowest BCUT2D eigenvalue weighted by Crippen LogP contribution is -2.63. The Morgan fingerprint density at radius 1 is 0.636 bits per heavy atom. The van der Waals surface area contributed by atoms with Crippen LogP contribution >= 0.6 is 0 Å². The predicted octanol–water partition coefficient (Wildman–Crippen LogP) is -7.61. The summed E-state index contributed by atoms with van der Waals surface area (Å²) in [6.45, 7) is -3.65. The van der Waals surface area contributed by atoms with Gasteiger partial charge in [0.15, 0.2) is 12.6 Å². The van der Waals surface area contributed by atoms with Gasteiger partial charge in [0.05, 0.1) is 13.2 Å². The van der Waals surface area contributed by atoms with Crippen molar-refractivity contribution in [3.63, 3.8) is 0 Å². The van der Waals surface area contributed by atoms with Crippen LogP contribution in [-0.2, 0) is 23.7 Å². The number of aliphatic hydroxyl groups excluding tert-OH is 11. The van der Waals surface area contributed by atoms with E-state index in [0.29, 0.717) is 0 Å². The van der Waals surface area contributed by atoms with Gasteiger partial charge < -0.3 is 79.9 Å². The number of hydrogen-bond acceptors (Lipinski definition) is 16. The van der Waals surface area contributed by atoms with E-state index in [-0.39, 0.29) is 0 Å². The molecule has 0 aromatic carbocycles. The van der Waals surface area contributed by atoms with E-state index in [1.807, 2.05) is 0 Å². The van der Waals surface area contributed by atoms with E-state index in [1.165, 1.54) is 0 Å². The molecule has 0 saturated carbocycles. The molecule has 0 spiro atoms. The smallest absolute Gasteiger partial charge is 0.224 e. The molecule has 0 aliphatic carbocycles. The van der Waals surface area contributed by atoms with Gasteiger partial charge in [0, 0.05) is 0 Å². The molecule has 16 nitrogen and oxygen atoms in total. The highest BCUT2D eigenvalue weighted by Gasteiger charge is 2.62. The second-order valence-electron chi connectivity index (χ2n) is 8.10. The van der Waals surface area contributed by atoms with Gasteiger partial charge in [-0.05, 0) is 0 Å². The van der Waals surface area contributed by atoms with Crippen molar-refractivity contribution in [3.8, 4) is 0 Å². The highest BCUT2D eigenvalue weighted by Crippen LogP contribution is 2.39. The molecule has 33 heavy (non-hydrogen) atoms. The third kappa shape index (κ3) is 4.64. The third-order valence-corrected chi connectivity index (χ3v) is 5.97. The normalized spacial score (nSPS) is 53.0. The Hall–Kier alpha value is -0.640. The largest absolute Gasteiger partial charge is 0.394 e. The van der Waals surface area contributed by atoms with Crippen LogP contribution in [0.4, 0.5) is 0 Å². The molecule has 0 amide bonds. The number of ether oxygens (including phenoxy) is 5. The van der Waals surface area contributed by atoms with E-state index in [0.717, 1.165) is 0 Å². The van der Waals surface area contributed by atoms with Crippen LogP contribution in [0.25, 0.3) is 0 Å². The fourth-order valence-corrected chi connectivity index (χ4v) is 3.90. The van der Waals surface area contributed by atoms with Crippen LogP contribution in [0, 0.1) is 0 Å². The summed E-state index contributed by atoms with van der Waals surface area (Å²) in [5.41, 5.74) is 0. The summed E-state index contributed by atoms with van der Waals surface area (Å²) in [6, 6.07) is 0. The second kappa shape index (κ2) is 10.2. The van der Waals surface area contributed by atoms with Crippen LogP contribution in [0.2, 0.25) is 0 Å². The summed E-state index contributed by atoms with van der Waals surface area (Å²) in [5, 5.41) is 109. The van der Waals surface area contributed by atoms with E-state index in [9.17, 15) is 56.2 Å². The zero-order valence-electron chi connectivity index (χ0n) is 17.1. The first-order valence-electron chi connectivity index (χ1n) is 10.1. The quantitative estimate of drug-likeness (QED) is 0.151. The highest BCUT2D eigenvalue weighted by atomic mass is 16.8. The Kier molecular flexibility index (Phi) is 8.29. The molecule has 3 heterocycles. The molecule has 16 heteroatoms. The van der Waals surface area contributed by atoms with Gasteiger partial charge in [-0.15, -0.1) is 0 Å². The highest BCUT2D eigenvalue weighted by molar-refractivity contribution is 5.01. The van der Waals surface area contributed by atoms with E-state index in [2.05, 4.69) is 0 Å². The van der Waals surface area contributed by atoms with Gasteiger partial charge in [0.1, 0.15) is 68.1 Å². The third-order valence-electron chi connectivity index (χ3n) is 5.97. The minimum atomic E-state index is -2.52. The van der Waals surface area contributed by atoms with Crippen LogP contribution in [0.3, 0.4) is 0 Å². The summed E-state index contributed by atoms with van der Waals surface area (Å²) in [7, 11) is 0. The van der Waals surface area contributed by atoms with Crippen molar-refractivity contribution in [2.75, 3.05) is 26.4 Å². The van der Waals surface area contributed by atoms with Gasteiger partial charge in [-0.25, -0.2) is 0 Å². The van der Waals surface area contributed by atoms with Crippen LogP contribution in [0.5, 0.6) is 0 Å². The summed E-state index contributed by atoms with van der Waals surface area (Å²) < 4.78 is 26.3. The fourth-order valence-electron chi connectivity index (χ4n) is 3.90. The monoisotopic (exact) mass is 490 g/mol. The second-order valence-corrected chi connectivity index (χ2v) is 8.10. The Balaban J connectivity index is 1.86. The Morgan fingerprint density at radius 3 is 1.64 bits per heavy atom. The van der Waals surface area contributed by atoms with E-state index in [1.54, 1.807) is 0 Å². The van der Waals surface area contributed by atoms with Crippen molar-refractivity contribution >= 4 is 0 Å². The molecule has 0 unspecified atom stereocenters. The molecule has 13 atom stereocenters. The van der Waals surface area contributed by atoms with Gasteiger partial charge in [0.25, 0.3) is 0 Å². The molecule has 3 aliphatic heterocycles. The molecule has 3 saturated heterocycles. The molecular weight excluding hydrogens is 460 g/mol. The van der Waals surface area contributed by atoms with Gasteiger partial charge in [-0.1, -0.05) is 0 Å². The average molecular weight is 490 g/mol. The van der Waals surface area contributed by atoms with E-state index >= 15 is 0 Å². The molecule has 3 rings (SSSR count). The molecule has 0 aromatic rings. The van der Waals surface area contributed by atoms with Gasteiger partial charge in [0.2, 0.25) is 11.6 Å². The van der Waals surface area contributed by atoms with Crippen molar-refractivity contribution < 1.29 is 79.9 Å². The fraction of sp³-hybridized carbons (Fsp3) is 1.00. The standard InChI is InChI=1S/C17H30O16/c18-1-5-7(21)12(26)16(3-20,31-5)29-4-17(13(27)8(22)6(2-19)32-17)33-15-11(25)9(23)10(24)14(28)30-15/h5-15,18-28H,1-4H2/t5-,6+,7+,8+,9-,10-,11-,12-,13-,14-,15+,16+,17-/m0/s1. The Labute approximate surface area is 186 Å². The topological polar surface area (TPSA) is 269 Å². The lowest BCUT2D eigenvalue weighted by molar-refractivity contribution is -0.413. The first kappa shape index (κ1) is 27.0. The molecule has 194 valence electrons. The minimum absolute atomic E-state index is 0.754. The SMILES string of the molecule is OC[C@@H]1O[C@@](CO)(OC[C@@]2(O[C@H]3O[C@H](O)[C@@H](O)[C@H](O)[C@@H]3O)O[C@H](CO)[C@@H](O)[C@@H]2O)[C@@H](O)[C@@H]1O. The molecule has 11 N–H and O–H groups in total. The van der Waals surface area contributed by atoms with Crippen LogP contribution in [0.15, 0.2) is 0 Å². The minimum Gasteiger partial charge on any atom is -0.394 e. The van der Waals surface area contributed by atoms with Gasteiger partial charge >= 0.3 is 0 Å². The molecular formula is C17H30O16. The van der Waals surface area contributed by atoms with Crippen molar-refractivity contribution in [2.24, 2.45) is 0 Å². The zero-order chi connectivity index (χ0) is 24.7. The molecule has 0 aromatic heterocycles. The first-order chi connectivity index (χ1) is 15.5. The number of aliphatic hydroxyl groups is 11. The van der Waals surface area contributed by atoms with Crippen LogP contribution in [-0.4, -0.2) is 162 Å². The Bertz CT molecular complexity index is 655. The summed E-state index contributed by atoms with van der Waals surface area (Å²) in [6.07, 6.45) is -20.1. The van der Waals surface area contributed by atoms with E-state index in [4.69, 9.17) is 23.7 Å². The lowest BCUT2D eigenvalue weighted by Gasteiger charge is -2.43. The average Bonchev–Trinajstić information content (AvgIpc) is 3.20. The van der Waals surface area contributed by atoms with Crippen molar-refractivity contribution in [1.29, 1.82) is 0 Å². The maximum atomic E-state index is 10.6. The van der Waals surface area contributed by atoms with E-state index < -0.39 is 106 Å². The summed E-state index contributed by atoms with van der Waals surface area (Å²) in [4.78, 5) is 0. The maximum absolute atomic E-state index is 10.6. The van der Waals surface area contributed by atoms with Crippen molar-refractivity contribution in [3.05, 3.63) is 0 Å². The Morgan fingerprint density at radius 2 is 1.15 bits per heavy atom. The molecule has 3 fully saturated rings.